The second-order valence-electron chi connectivity index (χ2n) is 7.91. The van der Waals surface area contributed by atoms with Crippen molar-refractivity contribution < 1.29 is 37.4 Å². The van der Waals surface area contributed by atoms with Gasteiger partial charge in [0.1, 0.15) is 23.8 Å². The molecule has 11 heteroatoms. The number of pyridine rings is 1. The van der Waals surface area contributed by atoms with Gasteiger partial charge in [0.05, 0.1) is 11.3 Å². The van der Waals surface area contributed by atoms with E-state index in [1.54, 1.807) is 0 Å². The number of aryl methyl sites for hydroxylation is 3. The van der Waals surface area contributed by atoms with Crippen molar-refractivity contribution in [3.8, 4) is 0 Å². The fourth-order valence-corrected chi connectivity index (χ4v) is 3.98. The van der Waals surface area contributed by atoms with E-state index in [1.165, 1.54) is 26.1 Å². The van der Waals surface area contributed by atoms with Gasteiger partial charge in [-0.25, -0.2) is 9.37 Å². The van der Waals surface area contributed by atoms with Crippen LogP contribution >= 0.6 is 0 Å². The molecule has 1 fully saturated rings. The number of hydrogen-bond acceptors (Lipinski definition) is 5. The van der Waals surface area contributed by atoms with E-state index in [0.717, 1.165) is 22.1 Å². The van der Waals surface area contributed by atoms with Crippen LogP contribution in [0.3, 0.4) is 0 Å². The zero-order chi connectivity index (χ0) is 23.5. The number of hydrogen-bond donors (Lipinski definition) is 2. The number of halogens is 4. The van der Waals surface area contributed by atoms with Crippen LogP contribution in [-0.2, 0) is 28.6 Å². The van der Waals surface area contributed by atoms with Gasteiger partial charge in [-0.05, 0) is 55.2 Å². The third kappa shape index (κ3) is 3.51. The molecule has 0 radical (unpaired) electrons. The van der Waals surface area contributed by atoms with E-state index < -0.39 is 53.4 Å². The van der Waals surface area contributed by atoms with Crippen LogP contribution in [0.15, 0.2) is 24.3 Å². The van der Waals surface area contributed by atoms with Crippen LogP contribution < -0.4 is 9.80 Å². The molecule has 0 spiro atoms. The highest BCUT2D eigenvalue weighted by atomic mass is 19.4. The third-order valence-corrected chi connectivity index (χ3v) is 5.81. The van der Waals surface area contributed by atoms with E-state index in [2.05, 4.69) is 4.98 Å². The number of anilines is 2. The summed E-state index contributed by atoms with van der Waals surface area (Å²) in [5, 5.41) is 20.5. The molecule has 2 amide bonds. The Morgan fingerprint density at radius 1 is 1.16 bits per heavy atom. The fourth-order valence-electron chi connectivity index (χ4n) is 3.98. The number of nitrogens with zero attached hydrogens (tertiary/aromatic N) is 3. The topological polar surface area (TPSA) is 94.0 Å². The van der Waals surface area contributed by atoms with E-state index in [-0.39, 0.29) is 11.4 Å². The summed E-state index contributed by atoms with van der Waals surface area (Å²) in [5.41, 5.74) is 0.339. The number of fused-ring (bicyclic) bond motifs is 1. The minimum atomic E-state index is -4.76. The van der Waals surface area contributed by atoms with Crippen molar-refractivity contribution in [3.63, 3.8) is 0 Å². The Morgan fingerprint density at radius 2 is 1.78 bits per heavy atom. The van der Waals surface area contributed by atoms with Gasteiger partial charge in [-0.1, -0.05) is 0 Å². The molecule has 2 heterocycles. The van der Waals surface area contributed by atoms with Crippen molar-refractivity contribution in [2.45, 2.75) is 44.2 Å². The van der Waals surface area contributed by atoms with Crippen molar-refractivity contribution in [1.29, 1.82) is 0 Å². The molecule has 0 unspecified atom stereocenters. The number of carbonyl (C=O) groups is 2. The summed E-state index contributed by atoms with van der Waals surface area (Å²) in [7, 11) is 1.22. The monoisotopic (exact) mass is 453 g/mol. The second kappa shape index (κ2) is 7.52. The minimum Gasteiger partial charge on any atom is -0.387 e. The zero-order valence-corrected chi connectivity index (χ0v) is 17.0. The number of aliphatic hydroxyl groups excluding tert-OH is 2. The van der Waals surface area contributed by atoms with Gasteiger partial charge in [0, 0.05) is 12.7 Å². The van der Waals surface area contributed by atoms with Crippen LogP contribution in [0.25, 0.3) is 0 Å². The SMILES string of the molecule is Cc1cc(C(F)(F)F)cc(N2C(=O)[C@@H](O)[C@@H](O)[C@H]2C(=O)N(C)c2cc3c(cc2F)CC3)n1. The number of aromatic nitrogens is 1. The average Bonchev–Trinajstić information content (AvgIpc) is 2.92. The third-order valence-electron chi connectivity index (χ3n) is 5.81. The van der Waals surface area contributed by atoms with Crippen molar-refractivity contribution in [2.24, 2.45) is 0 Å². The molecule has 2 aromatic rings. The van der Waals surface area contributed by atoms with Crippen LogP contribution in [0.2, 0.25) is 0 Å². The number of amides is 2. The molecular weight excluding hydrogens is 434 g/mol. The molecule has 0 saturated carbocycles. The van der Waals surface area contributed by atoms with Crippen molar-refractivity contribution in [3.05, 3.63) is 52.5 Å². The molecular formula is C21H19F4N3O4. The van der Waals surface area contributed by atoms with Gasteiger partial charge in [-0.15, -0.1) is 0 Å². The Hall–Kier alpha value is -3.05. The molecule has 170 valence electrons. The quantitative estimate of drug-likeness (QED) is 0.691. The summed E-state index contributed by atoms with van der Waals surface area (Å²) in [5.74, 6) is -3.42. The number of benzene rings is 1. The standard InChI is InChI=1S/C21H19F4N3O4/c1-9-5-12(21(23,24)25)8-15(26-9)28-16(17(29)18(30)20(28)32)19(31)27(2)14-7-11-4-3-10(11)6-13(14)22/h5-8,16-18,29-30H,3-4H2,1-2H3/t16-,17-,18-/m0/s1. The van der Waals surface area contributed by atoms with Gasteiger partial charge >= 0.3 is 6.18 Å². The Bertz CT molecular complexity index is 1120. The molecule has 3 atom stereocenters. The molecule has 2 aliphatic rings. The van der Waals surface area contributed by atoms with E-state index >= 15 is 0 Å². The normalized spacial score (nSPS) is 22.6. The fraction of sp³-hybridized carbons (Fsp3) is 0.381. The maximum atomic E-state index is 14.5. The number of alkyl halides is 3. The minimum absolute atomic E-state index is 0.0912. The van der Waals surface area contributed by atoms with Crippen molar-refractivity contribution in [2.75, 3.05) is 16.8 Å². The summed E-state index contributed by atoms with van der Waals surface area (Å²) >= 11 is 0. The lowest BCUT2D eigenvalue weighted by Crippen LogP contribution is -2.50. The maximum Gasteiger partial charge on any atom is 0.416 e. The Morgan fingerprint density at radius 3 is 2.38 bits per heavy atom. The lowest BCUT2D eigenvalue weighted by molar-refractivity contribution is -0.137. The molecule has 1 aliphatic carbocycles. The van der Waals surface area contributed by atoms with Gasteiger partial charge in [0.15, 0.2) is 6.10 Å². The van der Waals surface area contributed by atoms with Crippen molar-refractivity contribution in [1.82, 2.24) is 4.98 Å². The predicted octanol–water partition coefficient (Wildman–Crippen LogP) is 1.75. The lowest BCUT2D eigenvalue weighted by Gasteiger charge is -2.30. The second-order valence-corrected chi connectivity index (χ2v) is 7.91. The van der Waals surface area contributed by atoms with Gasteiger partial charge in [-0.2, -0.15) is 13.2 Å². The smallest absolute Gasteiger partial charge is 0.387 e. The number of rotatable bonds is 3. The average molecular weight is 453 g/mol. The molecule has 1 aromatic carbocycles. The molecule has 1 aromatic heterocycles. The molecule has 2 N–H and O–H groups in total. The van der Waals surface area contributed by atoms with Crippen LogP contribution in [0.5, 0.6) is 0 Å². The summed E-state index contributed by atoms with van der Waals surface area (Å²) in [6.45, 7) is 1.27. The molecule has 0 bridgehead atoms. The summed E-state index contributed by atoms with van der Waals surface area (Å²) in [6.07, 6.45) is -7.36. The summed E-state index contributed by atoms with van der Waals surface area (Å²) in [4.78, 5) is 31.1. The molecule has 32 heavy (non-hydrogen) atoms. The van der Waals surface area contributed by atoms with Crippen molar-refractivity contribution >= 4 is 23.3 Å². The molecule has 1 aliphatic heterocycles. The number of carbonyl (C=O) groups excluding carboxylic acids is 2. The summed E-state index contributed by atoms with van der Waals surface area (Å²) in [6, 6.07) is 2.28. The maximum absolute atomic E-state index is 14.5. The first-order chi connectivity index (χ1) is 14.9. The number of likely N-dealkylation sites (N-methyl/N-ethyl adjacent to an activating group) is 1. The first kappa shape index (κ1) is 22.2. The predicted molar refractivity (Wildman–Crippen MR) is 104 cm³/mol. The largest absolute Gasteiger partial charge is 0.416 e. The molecule has 1 saturated heterocycles. The Balaban J connectivity index is 1.75. The zero-order valence-electron chi connectivity index (χ0n) is 17.0. The van der Waals surface area contributed by atoms with E-state index in [9.17, 15) is 37.4 Å². The van der Waals surface area contributed by atoms with Gasteiger partial charge in [0.2, 0.25) is 0 Å². The van der Waals surface area contributed by atoms with Crippen LogP contribution in [0, 0.1) is 12.7 Å². The highest BCUT2D eigenvalue weighted by Gasteiger charge is 2.53. The Kier molecular flexibility index (Phi) is 5.21. The van der Waals surface area contributed by atoms with Crippen LogP contribution in [-0.4, -0.2) is 52.3 Å². The van der Waals surface area contributed by atoms with E-state index in [0.29, 0.717) is 23.8 Å². The number of aliphatic hydroxyl groups is 2. The van der Waals surface area contributed by atoms with E-state index in [1.807, 2.05) is 0 Å². The van der Waals surface area contributed by atoms with Gasteiger partial charge in [-0.3, -0.25) is 14.5 Å². The first-order valence-electron chi connectivity index (χ1n) is 9.74. The highest BCUT2D eigenvalue weighted by molar-refractivity contribution is 6.10. The first-order valence-corrected chi connectivity index (χ1v) is 9.74. The van der Waals surface area contributed by atoms with Gasteiger partial charge < -0.3 is 15.1 Å². The van der Waals surface area contributed by atoms with Crippen LogP contribution in [0.4, 0.5) is 29.1 Å². The van der Waals surface area contributed by atoms with E-state index in [4.69, 9.17) is 0 Å². The molecule has 7 nitrogen and oxygen atoms in total. The Labute approximate surface area is 179 Å². The van der Waals surface area contributed by atoms with Crippen LogP contribution in [0.1, 0.15) is 22.4 Å². The molecule has 4 rings (SSSR count). The highest BCUT2D eigenvalue weighted by Crippen LogP contribution is 2.36. The lowest BCUT2D eigenvalue weighted by atomic mass is 9.88. The van der Waals surface area contributed by atoms with Gasteiger partial charge in [0.25, 0.3) is 11.8 Å². The summed E-state index contributed by atoms with van der Waals surface area (Å²) < 4.78 is 54.3.